The van der Waals surface area contributed by atoms with Crippen molar-refractivity contribution >= 4 is 17.8 Å². The van der Waals surface area contributed by atoms with Gasteiger partial charge in [0.25, 0.3) is 0 Å². The molecule has 1 rings (SSSR count). The molecule has 0 aliphatic carbocycles. The normalized spacial score (nSPS) is 23.1. The summed E-state index contributed by atoms with van der Waals surface area (Å²) in [7, 11) is 1.32. The smallest absolute Gasteiger partial charge is 0.861 e. The maximum Gasteiger partial charge on any atom is 1.00 e. The summed E-state index contributed by atoms with van der Waals surface area (Å²) in [5, 5.41) is 12.1. The Morgan fingerprint density at radius 3 is 2.65 bits per heavy atom. The van der Waals surface area contributed by atoms with Gasteiger partial charge in [0, 0.05) is 19.4 Å². The monoisotopic (exact) mass is 284 g/mol. The molecule has 1 aliphatic rings. The van der Waals surface area contributed by atoms with Crippen molar-refractivity contribution in [1.29, 1.82) is 0 Å². The zero-order valence-electron chi connectivity index (χ0n) is 12.4. The SMILES string of the molecule is C=CCC1(C(C)C#CCC)C(=O)N(C)C(=O)N=C1[O-].[Na+]. The van der Waals surface area contributed by atoms with Gasteiger partial charge in [-0.25, -0.2) is 9.79 Å². The molecule has 0 saturated heterocycles. The number of aliphatic imine (C=N–C) groups is 1. The molecule has 1 aliphatic heterocycles. The van der Waals surface area contributed by atoms with Gasteiger partial charge in [-0.05, 0) is 19.2 Å². The predicted octanol–water partition coefficient (Wildman–Crippen LogP) is -2.05. The number of imide groups is 1. The molecule has 1 heterocycles. The number of urea groups is 1. The first-order valence-corrected chi connectivity index (χ1v) is 6.09. The van der Waals surface area contributed by atoms with Gasteiger partial charge in [0.2, 0.25) is 5.91 Å². The Morgan fingerprint density at radius 1 is 1.55 bits per heavy atom. The van der Waals surface area contributed by atoms with Gasteiger partial charge in [-0.3, -0.25) is 9.69 Å². The van der Waals surface area contributed by atoms with Crippen LogP contribution >= 0.6 is 0 Å². The minimum Gasteiger partial charge on any atom is -0.861 e. The van der Waals surface area contributed by atoms with E-state index < -0.39 is 29.2 Å². The van der Waals surface area contributed by atoms with E-state index in [-0.39, 0.29) is 36.0 Å². The van der Waals surface area contributed by atoms with Crippen LogP contribution in [0.25, 0.3) is 0 Å². The summed E-state index contributed by atoms with van der Waals surface area (Å²) >= 11 is 0. The van der Waals surface area contributed by atoms with Gasteiger partial charge in [0.15, 0.2) is 0 Å². The Balaban J connectivity index is 0.00000361. The summed E-state index contributed by atoms with van der Waals surface area (Å²) in [5.74, 6) is 3.94. The van der Waals surface area contributed by atoms with Gasteiger partial charge in [-0.15, -0.1) is 12.5 Å². The first kappa shape index (κ1) is 18.9. The maximum atomic E-state index is 12.4. The van der Waals surface area contributed by atoms with Crippen LogP contribution in [-0.2, 0) is 4.79 Å². The number of carbonyl (C=O) groups excluding carboxylic acids is 2. The summed E-state index contributed by atoms with van der Waals surface area (Å²) < 4.78 is 0. The van der Waals surface area contributed by atoms with Crippen LogP contribution in [0.3, 0.4) is 0 Å². The molecule has 20 heavy (non-hydrogen) atoms. The van der Waals surface area contributed by atoms with E-state index in [2.05, 4.69) is 23.4 Å². The zero-order chi connectivity index (χ0) is 14.6. The summed E-state index contributed by atoms with van der Waals surface area (Å²) in [5.41, 5.74) is -1.42. The molecule has 5 nitrogen and oxygen atoms in total. The number of nitrogens with zero attached hydrogens (tertiary/aromatic N) is 2. The molecular formula is C14H17N2NaO3. The predicted molar refractivity (Wildman–Crippen MR) is 70.1 cm³/mol. The van der Waals surface area contributed by atoms with Crippen LogP contribution in [0.15, 0.2) is 17.6 Å². The number of amides is 3. The molecule has 0 fully saturated rings. The first-order valence-electron chi connectivity index (χ1n) is 6.09. The quantitative estimate of drug-likeness (QED) is 0.340. The third-order valence-corrected chi connectivity index (χ3v) is 3.25. The Kier molecular flexibility index (Phi) is 7.21. The van der Waals surface area contributed by atoms with E-state index in [0.717, 1.165) is 4.90 Å². The Labute approximate surface area is 141 Å². The van der Waals surface area contributed by atoms with Crippen molar-refractivity contribution in [2.45, 2.75) is 26.7 Å². The van der Waals surface area contributed by atoms with Gasteiger partial charge in [0.1, 0.15) is 0 Å². The van der Waals surface area contributed by atoms with E-state index >= 15 is 0 Å². The van der Waals surface area contributed by atoms with Crippen LogP contribution < -0.4 is 34.7 Å². The number of hydrogen-bond donors (Lipinski definition) is 0. The van der Waals surface area contributed by atoms with Crippen molar-refractivity contribution < 1.29 is 44.3 Å². The van der Waals surface area contributed by atoms with Crippen LogP contribution in [0.2, 0.25) is 0 Å². The molecule has 0 aromatic heterocycles. The molecule has 0 N–H and O–H groups in total. The average Bonchev–Trinajstić information content (AvgIpc) is 2.38. The molecule has 0 saturated carbocycles. The fourth-order valence-corrected chi connectivity index (χ4v) is 2.07. The van der Waals surface area contributed by atoms with Crippen molar-refractivity contribution in [2.75, 3.05) is 7.05 Å². The molecule has 6 heteroatoms. The van der Waals surface area contributed by atoms with Crippen molar-refractivity contribution in [1.82, 2.24) is 4.90 Å². The number of rotatable bonds is 3. The zero-order valence-corrected chi connectivity index (χ0v) is 14.4. The second kappa shape index (κ2) is 7.63. The standard InChI is InChI=1S/C14H18N2O3.Na/c1-5-7-8-10(3)14(9-6-2)11(17)15-13(19)16(4)12(14)18;/h6,10H,2,5,9H2,1,3-4H3,(H,15,17,19);/q;+1/p-1. The number of hydrogen-bond acceptors (Lipinski definition) is 3. The van der Waals surface area contributed by atoms with Gasteiger partial charge in [0.05, 0.1) is 5.41 Å². The second-order valence-corrected chi connectivity index (χ2v) is 4.42. The molecule has 0 aromatic rings. The van der Waals surface area contributed by atoms with Crippen molar-refractivity contribution in [2.24, 2.45) is 16.3 Å². The minimum absolute atomic E-state index is 0. The molecule has 2 atom stereocenters. The van der Waals surface area contributed by atoms with Crippen LogP contribution in [0.1, 0.15) is 26.7 Å². The van der Waals surface area contributed by atoms with E-state index in [0.29, 0.717) is 6.42 Å². The van der Waals surface area contributed by atoms with Crippen molar-refractivity contribution in [3.63, 3.8) is 0 Å². The molecular weight excluding hydrogens is 267 g/mol. The van der Waals surface area contributed by atoms with Crippen LogP contribution in [-0.4, -0.2) is 29.8 Å². The fourth-order valence-electron chi connectivity index (χ4n) is 2.07. The average molecular weight is 284 g/mol. The first-order chi connectivity index (χ1) is 8.91. The Hall–Kier alpha value is -1.09. The van der Waals surface area contributed by atoms with E-state index in [1.165, 1.54) is 13.1 Å². The summed E-state index contributed by atoms with van der Waals surface area (Å²) in [6.07, 6.45) is 2.23. The van der Waals surface area contributed by atoms with Gasteiger partial charge < -0.3 is 5.11 Å². The largest absolute Gasteiger partial charge is 1.00 e. The Bertz CT molecular complexity index is 504. The van der Waals surface area contributed by atoms with Gasteiger partial charge in [-0.1, -0.05) is 18.9 Å². The molecule has 0 bridgehead atoms. The number of allylic oxidation sites excluding steroid dienone is 1. The van der Waals surface area contributed by atoms with E-state index in [1.54, 1.807) is 6.92 Å². The summed E-state index contributed by atoms with van der Waals surface area (Å²) in [6.45, 7) is 7.15. The van der Waals surface area contributed by atoms with Gasteiger partial charge >= 0.3 is 35.6 Å². The van der Waals surface area contributed by atoms with E-state index in [1.807, 2.05) is 6.92 Å². The van der Waals surface area contributed by atoms with Gasteiger partial charge in [-0.2, -0.15) is 0 Å². The topological polar surface area (TPSA) is 72.8 Å². The summed E-state index contributed by atoms with van der Waals surface area (Å²) in [4.78, 5) is 28.1. The van der Waals surface area contributed by atoms with Crippen molar-refractivity contribution in [3.05, 3.63) is 12.7 Å². The van der Waals surface area contributed by atoms with Crippen LogP contribution in [0.4, 0.5) is 4.79 Å². The van der Waals surface area contributed by atoms with Crippen LogP contribution in [0, 0.1) is 23.2 Å². The molecule has 102 valence electrons. The maximum absolute atomic E-state index is 12.4. The third kappa shape index (κ3) is 3.14. The minimum atomic E-state index is -1.42. The summed E-state index contributed by atoms with van der Waals surface area (Å²) in [6, 6.07) is -0.828. The van der Waals surface area contributed by atoms with E-state index in [4.69, 9.17) is 0 Å². The fraction of sp³-hybridized carbons (Fsp3) is 0.500. The molecule has 0 spiro atoms. The van der Waals surface area contributed by atoms with Crippen LogP contribution in [0.5, 0.6) is 0 Å². The number of carbonyl (C=O) groups is 2. The third-order valence-electron chi connectivity index (χ3n) is 3.25. The molecule has 3 amide bonds. The second-order valence-electron chi connectivity index (χ2n) is 4.42. The Morgan fingerprint density at radius 2 is 2.15 bits per heavy atom. The van der Waals surface area contributed by atoms with E-state index in [9.17, 15) is 14.7 Å². The molecule has 0 aromatic carbocycles. The molecule has 2 unspecified atom stereocenters. The molecule has 0 radical (unpaired) electrons. The van der Waals surface area contributed by atoms with Crippen molar-refractivity contribution in [3.8, 4) is 11.8 Å².